The fourth-order valence-corrected chi connectivity index (χ4v) is 4.03. The number of benzene rings is 2. The van der Waals surface area contributed by atoms with E-state index in [0.717, 1.165) is 16.9 Å². The highest BCUT2D eigenvalue weighted by atomic mass is 32.2. The van der Waals surface area contributed by atoms with Gasteiger partial charge in [0.05, 0.1) is 5.57 Å². The molecule has 0 aromatic heterocycles. The van der Waals surface area contributed by atoms with Gasteiger partial charge in [-0.15, -0.1) is 0 Å². The molecule has 0 unspecified atom stereocenters. The molecule has 7 nitrogen and oxygen atoms in total. The first kappa shape index (κ1) is 23.6. The number of rotatable bonds is 6. The largest absolute Gasteiger partial charge is 0.490 e. The van der Waals surface area contributed by atoms with E-state index < -0.39 is 23.0 Å². The molecule has 0 saturated carbocycles. The number of alkyl halides is 3. The van der Waals surface area contributed by atoms with Crippen LogP contribution in [-0.4, -0.2) is 46.4 Å². The van der Waals surface area contributed by atoms with Crippen LogP contribution >= 0.6 is 11.8 Å². The molecule has 2 heterocycles. The number of halogens is 3. The molecule has 11 heteroatoms. The summed E-state index contributed by atoms with van der Waals surface area (Å²) in [5.41, 5.74) is 2.62. The fourth-order valence-electron chi connectivity index (χ4n) is 3.27. The van der Waals surface area contributed by atoms with Crippen molar-refractivity contribution in [2.75, 3.05) is 13.2 Å². The molecule has 2 aliphatic rings. The van der Waals surface area contributed by atoms with Gasteiger partial charge in [-0.2, -0.15) is 28.3 Å². The van der Waals surface area contributed by atoms with Crippen molar-refractivity contribution in [2.45, 2.75) is 20.0 Å². The lowest BCUT2D eigenvalue weighted by Gasteiger charge is -2.20. The van der Waals surface area contributed by atoms with Gasteiger partial charge in [-0.25, -0.2) is 0 Å². The Morgan fingerprint density at radius 1 is 1.03 bits per heavy atom. The number of carbonyl (C=O) groups excluding carboxylic acids is 1. The van der Waals surface area contributed by atoms with E-state index in [2.05, 4.69) is 16.2 Å². The Hall–Kier alpha value is -3.60. The van der Waals surface area contributed by atoms with Gasteiger partial charge in [0.25, 0.3) is 5.91 Å². The summed E-state index contributed by atoms with van der Waals surface area (Å²) in [6, 6.07) is 12.6. The topological polar surface area (TPSA) is 87.3 Å². The third kappa shape index (κ3) is 5.30. The van der Waals surface area contributed by atoms with E-state index in [1.54, 1.807) is 24.3 Å². The average molecular weight is 488 g/mol. The summed E-state index contributed by atoms with van der Waals surface area (Å²) in [5.74, 6) is 0.0836. The maximum absolute atomic E-state index is 12.9. The van der Waals surface area contributed by atoms with Gasteiger partial charge < -0.3 is 9.47 Å². The second-order valence-electron chi connectivity index (χ2n) is 7.51. The number of nitrogens with zero attached hydrogens (tertiary/aromatic N) is 3. The number of nitrogens with one attached hydrogen (secondary N) is 1. The van der Waals surface area contributed by atoms with Crippen molar-refractivity contribution in [3.63, 3.8) is 0 Å². The maximum Gasteiger partial charge on any atom is 0.441 e. The molecule has 0 atom stereocenters. The Labute approximate surface area is 197 Å². The minimum absolute atomic E-state index is 0.160. The summed E-state index contributed by atoms with van der Waals surface area (Å²) in [6.07, 6.45) is -3.30. The molecule has 2 aliphatic heterocycles. The molecule has 0 radical (unpaired) electrons. The molecule has 0 spiro atoms. The minimum atomic E-state index is -4.68. The van der Waals surface area contributed by atoms with E-state index in [-0.39, 0.29) is 22.5 Å². The number of amides is 1. The van der Waals surface area contributed by atoms with Crippen molar-refractivity contribution in [3.8, 4) is 11.5 Å². The summed E-state index contributed by atoms with van der Waals surface area (Å²) < 4.78 is 50.1. The lowest BCUT2D eigenvalue weighted by Crippen LogP contribution is -2.35. The predicted octanol–water partition coefficient (Wildman–Crippen LogP) is 4.94. The Morgan fingerprint density at radius 3 is 2.26 bits per heavy atom. The summed E-state index contributed by atoms with van der Waals surface area (Å²) in [5, 5.41) is 10.8. The first-order chi connectivity index (χ1) is 16.1. The van der Waals surface area contributed by atoms with Gasteiger partial charge in [0, 0.05) is 0 Å². The summed E-state index contributed by atoms with van der Waals surface area (Å²) >= 11 is 0.214. The second-order valence-corrected chi connectivity index (χ2v) is 8.47. The zero-order valence-corrected chi connectivity index (χ0v) is 19.0. The van der Waals surface area contributed by atoms with Crippen LogP contribution in [0.2, 0.25) is 0 Å². The monoisotopic (exact) mass is 488 g/mol. The van der Waals surface area contributed by atoms with Crippen molar-refractivity contribution in [2.24, 2.45) is 10.1 Å². The first-order valence-electron chi connectivity index (χ1n) is 10.1. The maximum atomic E-state index is 12.9. The molecule has 0 aliphatic carbocycles. The Kier molecular flexibility index (Phi) is 6.47. The molecule has 0 bridgehead atoms. The van der Waals surface area contributed by atoms with Crippen LogP contribution in [0.15, 0.2) is 58.1 Å². The van der Waals surface area contributed by atoms with Gasteiger partial charge in [-0.3, -0.25) is 10.2 Å². The summed E-state index contributed by atoms with van der Waals surface area (Å²) in [4.78, 5) is 15.9. The molecule has 176 valence electrons. The molecule has 1 amide bonds. The third-order valence-corrected chi connectivity index (χ3v) is 5.66. The van der Waals surface area contributed by atoms with Crippen LogP contribution in [0.1, 0.15) is 16.7 Å². The normalized spacial score (nSPS) is 17.0. The lowest BCUT2D eigenvalue weighted by molar-refractivity contribution is -0.114. The number of hydrogen-bond donors (Lipinski definition) is 1. The zero-order valence-electron chi connectivity index (χ0n) is 18.1. The molecular formula is C23H19F3N4O3S. The highest BCUT2D eigenvalue weighted by Crippen LogP contribution is 2.35. The standard InChI is InChI=1S/C23H19F3N4O3S/c1-13-9-14(2)11-17(10-13)33-8-7-32-16-5-3-15(4-6-16)12-18-19(27)30-22(28-20(18)31)34-21(29-30)23(24,25)26/h3-6,9-12,27H,7-8H2,1-2H3/b18-12-,27-19?. The molecular weight excluding hydrogens is 469 g/mol. The van der Waals surface area contributed by atoms with E-state index in [1.165, 1.54) is 6.08 Å². The zero-order chi connectivity index (χ0) is 24.5. The third-order valence-electron chi connectivity index (χ3n) is 4.70. The number of hydrogen-bond acceptors (Lipinski definition) is 6. The summed E-state index contributed by atoms with van der Waals surface area (Å²) in [6.45, 7) is 4.67. The molecule has 2 aromatic rings. The molecule has 1 N–H and O–H groups in total. The second kappa shape index (κ2) is 9.34. The van der Waals surface area contributed by atoms with Crippen molar-refractivity contribution < 1.29 is 27.4 Å². The van der Waals surface area contributed by atoms with Crippen molar-refractivity contribution in [1.82, 2.24) is 5.01 Å². The number of thioether (sulfide) groups is 1. The Bertz CT molecular complexity index is 1220. The number of carbonyl (C=O) groups is 1. The molecule has 2 aromatic carbocycles. The van der Waals surface area contributed by atoms with E-state index in [4.69, 9.17) is 14.9 Å². The first-order valence-corrected chi connectivity index (χ1v) is 10.9. The van der Waals surface area contributed by atoms with Crippen LogP contribution in [0, 0.1) is 19.3 Å². The number of aliphatic imine (C=N–C) groups is 1. The number of hydrazone groups is 1. The van der Waals surface area contributed by atoms with E-state index in [1.807, 2.05) is 26.0 Å². The number of fused-ring (bicyclic) bond motifs is 1. The van der Waals surface area contributed by atoms with Crippen molar-refractivity contribution in [3.05, 3.63) is 64.7 Å². The summed E-state index contributed by atoms with van der Waals surface area (Å²) in [7, 11) is 0. The van der Waals surface area contributed by atoms with Crippen molar-refractivity contribution in [1.29, 1.82) is 5.41 Å². The number of aryl methyl sites for hydroxylation is 2. The van der Waals surface area contributed by atoms with E-state index in [0.29, 0.717) is 29.5 Å². The van der Waals surface area contributed by atoms with Crippen LogP contribution in [0.25, 0.3) is 6.08 Å². The molecule has 0 saturated heterocycles. The Morgan fingerprint density at radius 2 is 1.65 bits per heavy atom. The van der Waals surface area contributed by atoms with Crippen molar-refractivity contribution >= 4 is 39.8 Å². The van der Waals surface area contributed by atoms with E-state index >= 15 is 0 Å². The predicted molar refractivity (Wildman–Crippen MR) is 124 cm³/mol. The molecule has 4 rings (SSSR count). The van der Waals surface area contributed by atoms with Gasteiger partial charge in [-0.1, -0.05) is 18.2 Å². The highest BCUT2D eigenvalue weighted by molar-refractivity contribution is 8.27. The van der Waals surface area contributed by atoms with Gasteiger partial charge in [0.2, 0.25) is 10.2 Å². The number of ether oxygens (including phenoxy) is 2. The van der Waals surface area contributed by atoms with Crippen LogP contribution < -0.4 is 9.47 Å². The van der Waals surface area contributed by atoms with Crippen LogP contribution in [0.4, 0.5) is 13.2 Å². The quantitative estimate of drug-likeness (QED) is 0.460. The fraction of sp³-hybridized carbons (Fsp3) is 0.217. The smallest absolute Gasteiger partial charge is 0.441 e. The minimum Gasteiger partial charge on any atom is -0.490 e. The van der Waals surface area contributed by atoms with E-state index in [9.17, 15) is 18.0 Å². The molecule has 0 fully saturated rings. The van der Waals surface area contributed by atoms with Gasteiger partial charge >= 0.3 is 6.18 Å². The SMILES string of the molecule is Cc1cc(C)cc(OCCOc2ccc(/C=C3/C(=N)N4N=C(C(F)(F)F)SC4=NC3=O)cc2)c1. The molecule has 34 heavy (non-hydrogen) atoms. The number of amidine groups is 2. The highest BCUT2D eigenvalue weighted by Gasteiger charge is 2.46. The van der Waals surface area contributed by atoms with Crippen LogP contribution in [0.5, 0.6) is 11.5 Å². The van der Waals surface area contributed by atoms with Gasteiger partial charge in [0.15, 0.2) is 5.84 Å². The average Bonchev–Trinajstić information content (AvgIpc) is 3.19. The Balaban J connectivity index is 1.37. The van der Waals surface area contributed by atoms with Crippen LogP contribution in [0.3, 0.4) is 0 Å². The lowest BCUT2D eigenvalue weighted by atomic mass is 10.1. The van der Waals surface area contributed by atoms with Gasteiger partial charge in [0.1, 0.15) is 24.7 Å². The van der Waals surface area contributed by atoms with Gasteiger partial charge in [-0.05, 0) is 72.6 Å². The van der Waals surface area contributed by atoms with Crippen LogP contribution in [-0.2, 0) is 4.79 Å².